The highest BCUT2D eigenvalue weighted by Gasteiger charge is 2.25. The Bertz CT molecular complexity index is 364. The zero-order valence-electron chi connectivity index (χ0n) is 11.1. The Kier molecular flexibility index (Phi) is 3.55. The molecule has 1 aromatic rings. The largest absolute Gasteiger partial charge is 0.369 e. The average Bonchev–Trinajstić information content (AvgIpc) is 2.76. The van der Waals surface area contributed by atoms with Crippen LogP contribution in [0.5, 0.6) is 0 Å². The number of ether oxygens (including phenoxy) is 1. The third-order valence-electron chi connectivity index (χ3n) is 3.52. The SMILES string of the molecule is CC(C)(C)c1ccc([C@@H]2CC[C@H](CN)O2)cc1. The first-order valence-corrected chi connectivity index (χ1v) is 6.46. The van der Waals surface area contributed by atoms with Gasteiger partial charge in [0.1, 0.15) is 0 Å². The second-order valence-electron chi connectivity index (χ2n) is 5.93. The second-order valence-corrected chi connectivity index (χ2v) is 5.93. The summed E-state index contributed by atoms with van der Waals surface area (Å²) in [4.78, 5) is 0. The van der Waals surface area contributed by atoms with E-state index in [0.717, 1.165) is 12.8 Å². The highest BCUT2D eigenvalue weighted by Crippen LogP contribution is 2.33. The third-order valence-corrected chi connectivity index (χ3v) is 3.52. The minimum absolute atomic E-state index is 0.217. The lowest BCUT2D eigenvalue weighted by Crippen LogP contribution is -2.18. The summed E-state index contributed by atoms with van der Waals surface area (Å²) >= 11 is 0. The number of benzene rings is 1. The quantitative estimate of drug-likeness (QED) is 0.851. The van der Waals surface area contributed by atoms with Gasteiger partial charge in [0.25, 0.3) is 0 Å². The first-order valence-electron chi connectivity index (χ1n) is 6.46. The van der Waals surface area contributed by atoms with Gasteiger partial charge in [0, 0.05) is 6.54 Å². The van der Waals surface area contributed by atoms with Crippen molar-refractivity contribution in [1.29, 1.82) is 0 Å². The van der Waals surface area contributed by atoms with Gasteiger partial charge in [-0.2, -0.15) is 0 Å². The van der Waals surface area contributed by atoms with E-state index in [-0.39, 0.29) is 17.6 Å². The van der Waals surface area contributed by atoms with Crippen LogP contribution in [0.2, 0.25) is 0 Å². The van der Waals surface area contributed by atoms with E-state index in [9.17, 15) is 0 Å². The van der Waals surface area contributed by atoms with Crippen molar-refractivity contribution in [3.8, 4) is 0 Å². The molecule has 0 amide bonds. The maximum atomic E-state index is 5.90. The molecule has 2 nitrogen and oxygen atoms in total. The second kappa shape index (κ2) is 4.79. The van der Waals surface area contributed by atoms with E-state index in [1.165, 1.54) is 11.1 Å². The van der Waals surface area contributed by atoms with Gasteiger partial charge in [-0.15, -0.1) is 0 Å². The van der Waals surface area contributed by atoms with Gasteiger partial charge in [0.05, 0.1) is 12.2 Å². The summed E-state index contributed by atoms with van der Waals surface area (Å²) < 4.78 is 5.90. The van der Waals surface area contributed by atoms with E-state index in [1.54, 1.807) is 0 Å². The molecule has 1 fully saturated rings. The fraction of sp³-hybridized carbons (Fsp3) is 0.600. The van der Waals surface area contributed by atoms with E-state index in [2.05, 4.69) is 45.0 Å². The summed E-state index contributed by atoms with van der Waals surface area (Å²) in [6.45, 7) is 7.34. The molecule has 2 N–H and O–H groups in total. The Labute approximate surface area is 104 Å². The van der Waals surface area contributed by atoms with Crippen LogP contribution in [-0.2, 0) is 10.2 Å². The first-order chi connectivity index (χ1) is 8.00. The maximum absolute atomic E-state index is 5.90. The van der Waals surface area contributed by atoms with Crippen molar-refractivity contribution >= 4 is 0 Å². The van der Waals surface area contributed by atoms with Crippen molar-refractivity contribution in [2.75, 3.05) is 6.54 Å². The Morgan fingerprint density at radius 3 is 2.29 bits per heavy atom. The molecule has 1 aliphatic rings. The van der Waals surface area contributed by atoms with Gasteiger partial charge in [-0.1, -0.05) is 45.0 Å². The molecule has 17 heavy (non-hydrogen) atoms. The Balaban J connectivity index is 2.09. The lowest BCUT2D eigenvalue weighted by Gasteiger charge is -2.20. The maximum Gasteiger partial charge on any atom is 0.0830 e. The smallest absolute Gasteiger partial charge is 0.0830 e. The minimum Gasteiger partial charge on any atom is -0.369 e. The van der Waals surface area contributed by atoms with Crippen molar-refractivity contribution in [2.24, 2.45) is 5.73 Å². The molecule has 0 spiro atoms. The molecule has 1 aromatic carbocycles. The number of hydrogen-bond donors (Lipinski definition) is 1. The highest BCUT2D eigenvalue weighted by molar-refractivity contribution is 5.29. The monoisotopic (exact) mass is 233 g/mol. The zero-order chi connectivity index (χ0) is 12.5. The highest BCUT2D eigenvalue weighted by atomic mass is 16.5. The van der Waals surface area contributed by atoms with Crippen molar-refractivity contribution < 1.29 is 4.74 Å². The van der Waals surface area contributed by atoms with Crippen LogP contribution in [0.15, 0.2) is 24.3 Å². The van der Waals surface area contributed by atoms with Gasteiger partial charge in [0.2, 0.25) is 0 Å². The standard InChI is InChI=1S/C15H23NO/c1-15(2,3)12-6-4-11(5-7-12)14-9-8-13(10-16)17-14/h4-7,13-14H,8-10,16H2,1-3H3/t13-,14+/m1/s1. The summed E-state index contributed by atoms with van der Waals surface area (Å²) in [5.41, 5.74) is 8.50. The van der Waals surface area contributed by atoms with Crippen molar-refractivity contribution in [3.05, 3.63) is 35.4 Å². The Morgan fingerprint density at radius 2 is 1.82 bits per heavy atom. The normalized spacial score (nSPS) is 25.2. The van der Waals surface area contributed by atoms with E-state index < -0.39 is 0 Å². The molecule has 2 rings (SSSR count). The lowest BCUT2D eigenvalue weighted by atomic mass is 9.86. The average molecular weight is 233 g/mol. The van der Waals surface area contributed by atoms with Gasteiger partial charge in [0.15, 0.2) is 0 Å². The number of rotatable bonds is 2. The molecule has 2 heteroatoms. The summed E-state index contributed by atoms with van der Waals surface area (Å²) in [6.07, 6.45) is 2.68. The molecule has 0 radical (unpaired) electrons. The molecule has 1 aliphatic heterocycles. The van der Waals surface area contributed by atoms with E-state index >= 15 is 0 Å². The zero-order valence-corrected chi connectivity index (χ0v) is 11.1. The van der Waals surface area contributed by atoms with Crippen LogP contribution in [0.4, 0.5) is 0 Å². The van der Waals surface area contributed by atoms with Gasteiger partial charge in [-0.3, -0.25) is 0 Å². The van der Waals surface area contributed by atoms with Crippen LogP contribution < -0.4 is 5.73 Å². The topological polar surface area (TPSA) is 35.2 Å². The van der Waals surface area contributed by atoms with Crippen LogP contribution >= 0.6 is 0 Å². The molecule has 0 aromatic heterocycles. The van der Waals surface area contributed by atoms with Gasteiger partial charge in [-0.25, -0.2) is 0 Å². The molecule has 1 heterocycles. The minimum atomic E-state index is 0.217. The number of nitrogens with two attached hydrogens (primary N) is 1. The molecule has 0 saturated carbocycles. The summed E-state index contributed by atoms with van der Waals surface area (Å²) in [5.74, 6) is 0. The first kappa shape index (κ1) is 12.6. The summed E-state index contributed by atoms with van der Waals surface area (Å²) in [6, 6.07) is 8.83. The molecule has 1 saturated heterocycles. The molecule has 0 bridgehead atoms. The number of hydrogen-bond acceptors (Lipinski definition) is 2. The van der Waals surface area contributed by atoms with Crippen LogP contribution in [0.3, 0.4) is 0 Å². The van der Waals surface area contributed by atoms with Gasteiger partial charge >= 0.3 is 0 Å². The van der Waals surface area contributed by atoms with Crippen molar-refractivity contribution in [3.63, 3.8) is 0 Å². The molecular weight excluding hydrogens is 210 g/mol. The fourth-order valence-corrected chi connectivity index (χ4v) is 2.32. The molecule has 0 unspecified atom stereocenters. The van der Waals surface area contributed by atoms with E-state index in [4.69, 9.17) is 10.5 Å². The molecule has 94 valence electrons. The van der Waals surface area contributed by atoms with Gasteiger partial charge < -0.3 is 10.5 Å². The predicted octanol–water partition coefficient (Wildman–Crippen LogP) is 3.16. The van der Waals surface area contributed by atoms with Crippen LogP contribution in [0, 0.1) is 0 Å². The lowest BCUT2D eigenvalue weighted by molar-refractivity contribution is 0.0498. The van der Waals surface area contributed by atoms with E-state index in [0.29, 0.717) is 6.54 Å². The van der Waals surface area contributed by atoms with Crippen LogP contribution in [-0.4, -0.2) is 12.6 Å². The van der Waals surface area contributed by atoms with Crippen molar-refractivity contribution in [1.82, 2.24) is 0 Å². The summed E-state index contributed by atoms with van der Waals surface area (Å²) in [5, 5.41) is 0. The third kappa shape index (κ3) is 2.88. The Morgan fingerprint density at radius 1 is 1.18 bits per heavy atom. The van der Waals surface area contributed by atoms with E-state index in [1.807, 2.05) is 0 Å². The van der Waals surface area contributed by atoms with Crippen LogP contribution in [0.1, 0.15) is 50.8 Å². The fourth-order valence-electron chi connectivity index (χ4n) is 2.32. The van der Waals surface area contributed by atoms with Crippen LogP contribution in [0.25, 0.3) is 0 Å². The van der Waals surface area contributed by atoms with Gasteiger partial charge in [-0.05, 0) is 29.4 Å². The molecular formula is C15H23NO. The van der Waals surface area contributed by atoms with Crippen molar-refractivity contribution in [2.45, 2.75) is 51.2 Å². The Hall–Kier alpha value is -0.860. The summed E-state index contributed by atoms with van der Waals surface area (Å²) in [7, 11) is 0. The predicted molar refractivity (Wildman–Crippen MR) is 71.0 cm³/mol. The molecule has 2 atom stereocenters. The molecule has 0 aliphatic carbocycles.